The molecule has 3 fully saturated rings. The predicted molar refractivity (Wildman–Crippen MR) is 109 cm³/mol. The number of quaternary nitrogens is 1. The number of carbonyl (C=O) groups is 1. The Morgan fingerprint density at radius 2 is 1.64 bits per heavy atom. The van der Waals surface area contributed by atoms with E-state index >= 15 is 0 Å². The third-order valence-electron chi connectivity index (χ3n) is 6.36. The van der Waals surface area contributed by atoms with E-state index in [-0.39, 0.29) is 40.1 Å². The van der Waals surface area contributed by atoms with Crippen LogP contribution in [0.3, 0.4) is 0 Å². The highest BCUT2D eigenvalue weighted by Crippen LogP contribution is 2.52. The summed E-state index contributed by atoms with van der Waals surface area (Å²) in [4.78, 5) is 14.3. The molecule has 0 aromatic carbocycles. The van der Waals surface area contributed by atoms with Gasteiger partial charge in [0.05, 0.1) is 23.8 Å². The molecule has 5 atom stereocenters. The molecule has 1 N–H and O–H groups in total. The first-order chi connectivity index (χ1) is 12.4. The minimum absolute atomic E-state index is 0. The lowest BCUT2D eigenvalue weighted by atomic mass is 9.95. The SMILES string of the molecule is Br.C[N+]1(C)[C@@H]2C[C@@H](OC(=O)C(O)(c3cccs3)c3cccs3)C[C@H]1[C@@H]1O[C@@H]12.[Br-]. The Morgan fingerprint density at radius 1 is 1.14 bits per heavy atom. The van der Waals surface area contributed by atoms with Gasteiger partial charge in [0, 0.05) is 12.8 Å². The van der Waals surface area contributed by atoms with Crippen molar-refractivity contribution in [2.24, 2.45) is 0 Å². The molecule has 3 aliphatic heterocycles. The van der Waals surface area contributed by atoms with Gasteiger partial charge < -0.3 is 36.0 Å². The zero-order chi connectivity index (χ0) is 18.1. The van der Waals surface area contributed by atoms with E-state index in [9.17, 15) is 9.90 Å². The summed E-state index contributed by atoms with van der Waals surface area (Å²) in [6.45, 7) is 0. The van der Waals surface area contributed by atoms with E-state index in [0.29, 0.717) is 34.0 Å². The standard InChI is InChI=1S/C19H22NO4S2.2BrH/c1-20(2)12-9-11(10-13(20)17-16(12)24-17)23-18(21)19(22,14-5-3-7-25-14)15-6-4-8-26-15;;/h3-8,11-13,16-17,22H,9-10H2,1-2H3;2*1H/q+1;;/p-1/t11-,12-,13+,16-,17+;;. The number of hydrogen-bond acceptors (Lipinski definition) is 6. The average Bonchev–Trinajstić information content (AvgIpc) is 2.98. The van der Waals surface area contributed by atoms with Crippen LogP contribution in [-0.2, 0) is 19.9 Å². The Hall–Kier alpha value is -0.290. The largest absolute Gasteiger partial charge is 1.00 e. The summed E-state index contributed by atoms with van der Waals surface area (Å²) >= 11 is 2.74. The molecular formula is C19H23Br2NO4S2. The highest BCUT2D eigenvalue weighted by atomic mass is 79.9. The highest BCUT2D eigenvalue weighted by Gasteiger charge is 2.71. The minimum Gasteiger partial charge on any atom is -1.00 e. The number of carbonyl (C=O) groups excluding carboxylic acids is 1. The number of epoxide rings is 1. The van der Waals surface area contributed by atoms with Gasteiger partial charge in [-0.1, -0.05) is 12.1 Å². The van der Waals surface area contributed by atoms with Crippen LogP contribution in [0, 0.1) is 0 Å². The average molecular weight is 553 g/mol. The first-order valence-electron chi connectivity index (χ1n) is 8.92. The maximum atomic E-state index is 13.1. The van der Waals surface area contributed by atoms with Gasteiger partial charge in [0.25, 0.3) is 0 Å². The fourth-order valence-electron chi connectivity index (χ4n) is 4.83. The number of nitrogens with zero attached hydrogens (tertiary/aromatic N) is 1. The van der Waals surface area contributed by atoms with Crippen LogP contribution >= 0.6 is 39.7 Å². The summed E-state index contributed by atoms with van der Waals surface area (Å²) in [7, 11) is 4.49. The summed E-state index contributed by atoms with van der Waals surface area (Å²) in [6.07, 6.45) is 2.05. The smallest absolute Gasteiger partial charge is 0.349 e. The van der Waals surface area contributed by atoms with E-state index in [1.165, 1.54) is 22.7 Å². The Labute approximate surface area is 193 Å². The number of aliphatic hydroxyl groups is 1. The summed E-state index contributed by atoms with van der Waals surface area (Å²) in [6, 6.07) is 8.01. The molecule has 0 radical (unpaired) electrons. The number of morpholine rings is 1. The molecule has 2 aromatic rings. The molecule has 2 aromatic heterocycles. The number of hydrogen-bond donors (Lipinski definition) is 1. The fourth-order valence-corrected chi connectivity index (χ4v) is 6.54. The number of fused-ring (bicyclic) bond motifs is 5. The van der Waals surface area contributed by atoms with E-state index in [0.717, 1.165) is 17.3 Å². The summed E-state index contributed by atoms with van der Waals surface area (Å²) in [5.74, 6) is -0.561. The van der Waals surface area contributed by atoms with Crippen LogP contribution in [0.15, 0.2) is 35.0 Å². The van der Waals surface area contributed by atoms with Crippen molar-refractivity contribution in [1.82, 2.24) is 0 Å². The molecule has 0 spiro atoms. The van der Waals surface area contributed by atoms with Crippen molar-refractivity contribution in [3.63, 3.8) is 0 Å². The quantitative estimate of drug-likeness (QED) is 0.328. The molecule has 0 aliphatic carbocycles. The molecule has 0 unspecified atom stereocenters. The van der Waals surface area contributed by atoms with Crippen molar-refractivity contribution < 1.29 is 40.8 Å². The molecule has 0 amide bonds. The number of esters is 1. The van der Waals surface area contributed by atoms with Gasteiger partial charge in [-0.15, -0.1) is 39.7 Å². The van der Waals surface area contributed by atoms with Gasteiger partial charge in [-0.25, -0.2) is 4.79 Å². The molecule has 5 heterocycles. The zero-order valence-electron chi connectivity index (χ0n) is 15.5. The molecule has 5 nitrogen and oxygen atoms in total. The molecule has 2 bridgehead atoms. The van der Waals surface area contributed by atoms with Crippen LogP contribution in [0.2, 0.25) is 0 Å². The Kier molecular flexibility index (Phi) is 6.20. The van der Waals surface area contributed by atoms with Gasteiger partial charge in [0.2, 0.25) is 5.60 Å². The zero-order valence-corrected chi connectivity index (χ0v) is 20.4. The lowest BCUT2D eigenvalue weighted by Crippen LogP contribution is -3.00. The van der Waals surface area contributed by atoms with Gasteiger partial charge >= 0.3 is 5.97 Å². The van der Waals surface area contributed by atoms with Crippen molar-refractivity contribution in [3.05, 3.63) is 44.8 Å². The summed E-state index contributed by atoms with van der Waals surface area (Å²) in [5, 5.41) is 15.1. The van der Waals surface area contributed by atoms with E-state index in [1.807, 2.05) is 22.9 Å². The molecule has 3 aliphatic rings. The van der Waals surface area contributed by atoms with E-state index in [4.69, 9.17) is 9.47 Å². The maximum Gasteiger partial charge on any atom is 0.349 e. The summed E-state index contributed by atoms with van der Waals surface area (Å²) in [5.41, 5.74) is -1.72. The normalized spacial score (nSPS) is 31.9. The number of halogens is 2. The topological polar surface area (TPSA) is 59.1 Å². The predicted octanol–water partition coefficient (Wildman–Crippen LogP) is -0.0724. The number of thiophene rings is 2. The number of rotatable bonds is 4. The van der Waals surface area contributed by atoms with Crippen molar-refractivity contribution in [1.29, 1.82) is 0 Å². The molecule has 28 heavy (non-hydrogen) atoms. The fraction of sp³-hybridized carbons (Fsp3) is 0.526. The van der Waals surface area contributed by atoms with Gasteiger partial charge in [-0.05, 0) is 22.9 Å². The second-order valence-electron chi connectivity index (χ2n) is 7.99. The first-order valence-corrected chi connectivity index (χ1v) is 10.7. The third-order valence-corrected chi connectivity index (χ3v) is 8.32. The molecule has 5 rings (SSSR count). The van der Waals surface area contributed by atoms with Gasteiger partial charge in [-0.2, -0.15) is 0 Å². The van der Waals surface area contributed by atoms with Gasteiger partial charge in [-0.3, -0.25) is 0 Å². The second kappa shape index (κ2) is 7.76. The minimum atomic E-state index is -1.72. The molecule has 154 valence electrons. The van der Waals surface area contributed by atoms with Crippen LogP contribution in [0.5, 0.6) is 0 Å². The monoisotopic (exact) mass is 551 g/mol. The van der Waals surface area contributed by atoms with Gasteiger partial charge in [0.1, 0.15) is 30.4 Å². The number of ether oxygens (including phenoxy) is 2. The van der Waals surface area contributed by atoms with Gasteiger partial charge in [0.15, 0.2) is 0 Å². The van der Waals surface area contributed by atoms with Crippen LogP contribution in [-0.4, -0.2) is 60.0 Å². The Balaban J connectivity index is 0.00000112. The number of piperidine rings is 1. The second-order valence-corrected chi connectivity index (χ2v) is 9.89. The third kappa shape index (κ3) is 3.23. The van der Waals surface area contributed by atoms with Crippen LogP contribution in [0.1, 0.15) is 22.6 Å². The lowest BCUT2D eigenvalue weighted by molar-refractivity contribution is -0.938. The van der Waals surface area contributed by atoms with Crippen molar-refractivity contribution in [2.75, 3.05) is 14.1 Å². The van der Waals surface area contributed by atoms with Crippen LogP contribution in [0.4, 0.5) is 0 Å². The molecule has 0 saturated carbocycles. The van der Waals surface area contributed by atoms with Crippen LogP contribution in [0.25, 0.3) is 0 Å². The van der Waals surface area contributed by atoms with Crippen molar-refractivity contribution in [2.45, 2.75) is 48.8 Å². The lowest BCUT2D eigenvalue weighted by Gasteiger charge is -2.45. The van der Waals surface area contributed by atoms with Crippen molar-refractivity contribution >= 4 is 45.6 Å². The highest BCUT2D eigenvalue weighted by molar-refractivity contribution is 8.93. The Bertz CT molecular complexity index is 773. The summed E-state index contributed by atoms with van der Waals surface area (Å²) < 4.78 is 12.6. The van der Waals surface area contributed by atoms with E-state index in [2.05, 4.69) is 14.1 Å². The van der Waals surface area contributed by atoms with Crippen LogP contribution < -0.4 is 17.0 Å². The first kappa shape index (κ1) is 22.4. The molecular weight excluding hydrogens is 530 g/mol. The van der Waals surface area contributed by atoms with E-state index in [1.54, 1.807) is 12.1 Å². The Morgan fingerprint density at radius 3 is 2.07 bits per heavy atom. The maximum absolute atomic E-state index is 13.1. The molecule has 3 saturated heterocycles. The van der Waals surface area contributed by atoms with E-state index < -0.39 is 11.6 Å². The number of likely N-dealkylation sites (N-methyl/N-ethyl adjacent to an activating group) is 1. The molecule has 9 heteroatoms. The van der Waals surface area contributed by atoms with Crippen molar-refractivity contribution in [3.8, 4) is 0 Å².